The predicted molar refractivity (Wildman–Crippen MR) is 83.9 cm³/mol. The number of hydrogen-bond acceptors (Lipinski definition) is 0. The highest BCUT2D eigenvalue weighted by atomic mass is 14.1. The summed E-state index contributed by atoms with van der Waals surface area (Å²) in [6.07, 6.45) is 10.6. The molecule has 0 fully saturated rings. The fourth-order valence-corrected chi connectivity index (χ4v) is 1.68. The molecule has 0 aliphatic carbocycles. The molecule has 1 atom stereocenters. The zero-order valence-electron chi connectivity index (χ0n) is 12.4. The lowest BCUT2D eigenvalue weighted by Gasteiger charge is -2.12. The van der Waals surface area contributed by atoms with Gasteiger partial charge in [0.1, 0.15) is 0 Å². The minimum Gasteiger partial charge on any atom is -0.0877 e. The quantitative estimate of drug-likeness (QED) is 0.577. The van der Waals surface area contributed by atoms with Gasteiger partial charge in [0, 0.05) is 5.92 Å². The van der Waals surface area contributed by atoms with Gasteiger partial charge in [-0.2, -0.15) is 0 Å². The molecule has 0 aliphatic heterocycles. The van der Waals surface area contributed by atoms with Crippen molar-refractivity contribution < 1.29 is 0 Å². The van der Waals surface area contributed by atoms with Gasteiger partial charge in [-0.05, 0) is 25.0 Å². The Balaban J connectivity index is 0.00000137. The molecule has 1 unspecified atom stereocenters. The second kappa shape index (κ2) is 10.6. The van der Waals surface area contributed by atoms with Crippen molar-refractivity contribution in [3.8, 4) is 0 Å². The molecule has 0 aliphatic rings. The molecule has 0 amide bonds. The van der Waals surface area contributed by atoms with Crippen LogP contribution in [0, 0.1) is 0 Å². The van der Waals surface area contributed by atoms with Crippen LogP contribution in [0.4, 0.5) is 0 Å². The summed E-state index contributed by atoms with van der Waals surface area (Å²) in [4.78, 5) is 0. The maximum Gasteiger partial charge on any atom is 0.00608 e. The molecule has 0 spiro atoms. The molecule has 0 N–H and O–H groups in total. The summed E-state index contributed by atoms with van der Waals surface area (Å²) >= 11 is 0. The van der Waals surface area contributed by atoms with Crippen molar-refractivity contribution in [2.75, 3.05) is 0 Å². The van der Waals surface area contributed by atoms with E-state index in [0.29, 0.717) is 5.92 Å². The van der Waals surface area contributed by atoms with Gasteiger partial charge in [0.05, 0.1) is 0 Å². The van der Waals surface area contributed by atoms with Crippen LogP contribution in [0.25, 0.3) is 0 Å². The smallest absolute Gasteiger partial charge is 0.00608 e. The van der Waals surface area contributed by atoms with E-state index < -0.39 is 0 Å². The average molecular weight is 242 g/mol. The van der Waals surface area contributed by atoms with E-state index in [4.69, 9.17) is 0 Å². The largest absolute Gasteiger partial charge is 0.0877 e. The monoisotopic (exact) mass is 242 g/mol. The number of hydrogen-bond donors (Lipinski definition) is 0. The molecule has 1 rings (SSSR count). The van der Waals surface area contributed by atoms with Gasteiger partial charge in [-0.15, -0.1) is 0 Å². The minimum atomic E-state index is 0.439. The molecule has 0 saturated carbocycles. The summed E-state index contributed by atoms with van der Waals surface area (Å²) in [7, 11) is 0. The lowest BCUT2D eigenvalue weighted by Crippen LogP contribution is -1.95. The fourth-order valence-electron chi connectivity index (χ4n) is 1.68. The molecule has 0 aromatic heterocycles. The molecular formula is C18H26. The third-order valence-electron chi connectivity index (χ3n) is 2.64. The van der Waals surface area contributed by atoms with E-state index >= 15 is 0 Å². The van der Waals surface area contributed by atoms with Gasteiger partial charge in [0.15, 0.2) is 0 Å². The van der Waals surface area contributed by atoms with Crippen LogP contribution in [-0.2, 0) is 0 Å². The molecule has 0 radical (unpaired) electrons. The molecule has 1 aromatic rings. The second-order valence-electron chi connectivity index (χ2n) is 3.82. The Morgan fingerprint density at radius 2 is 1.61 bits per heavy atom. The van der Waals surface area contributed by atoms with Gasteiger partial charge in [-0.3, -0.25) is 0 Å². The Bertz CT molecular complexity index is 380. The van der Waals surface area contributed by atoms with Crippen LogP contribution < -0.4 is 0 Å². The van der Waals surface area contributed by atoms with E-state index in [2.05, 4.69) is 74.6 Å². The van der Waals surface area contributed by atoms with Gasteiger partial charge in [-0.25, -0.2) is 0 Å². The third-order valence-corrected chi connectivity index (χ3v) is 2.64. The molecule has 98 valence electrons. The minimum absolute atomic E-state index is 0.439. The lowest BCUT2D eigenvalue weighted by atomic mass is 9.92. The van der Waals surface area contributed by atoms with Crippen molar-refractivity contribution in [1.82, 2.24) is 0 Å². The molecule has 0 heteroatoms. The first-order valence-corrected chi connectivity index (χ1v) is 6.80. The molecule has 1 aromatic carbocycles. The van der Waals surface area contributed by atoms with Crippen LogP contribution in [0.3, 0.4) is 0 Å². The molecular weight excluding hydrogens is 216 g/mol. The Morgan fingerprint density at radius 1 is 1.00 bits per heavy atom. The predicted octanol–water partition coefficient (Wildman–Crippen LogP) is 5.89. The highest BCUT2D eigenvalue weighted by Gasteiger charge is 2.07. The first kappa shape index (κ1) is 16.4. The Morgan fingerprint density at radius 3 is 2.11 bits per heavy atom. The normalized spacial score (nSPS) is 13.5. The summed E-state index contributed by atoms with van der Waals surface area (Å²) < 4.78 is 0. The van der Waals surface area contributed by atoms with Crippen molar-refractivity contribution in [3.05, 3.63) is 71.8 Å². The summed E-state index contributed by atoms with van der Waals surface area (Å²) in [5.74, 6) is 0.439. The van der Waals surface area contributed by atoms with Crippen LogP contribution in [0.5, 0.6) is 0 Å². The lowest BCUT2D eigenvalue weighted by molar-refractivity contribution is 0.921. The number of allylic oxidation sites excluding steroid dienone is 6. The Kier molecular flexibility index (Phi) is 9.67. The van der Waals surface area contributed by atoms with Crippen LogP contribution in [-0.4, -0.2) is 0 Å². The first-order valence-electron chi connectivity index (χ1n) is 6.80. The highest BCUT2D eigenvalue weighted by Crippen LogP contribution is 2.24. The van der Waals surface area contributed by atoms with Gasteiger partial charge in [-0.1, -0.05) is 81.5 Å². The fraction of sp³-hybridized carbons (Fsp3) is 0.333. The van der Waals surface area contributed by atoms with E-state index in [-0.39, 0.29) is 0 Å². The van der Waals surface area contributed by atoms with E-state index in [0.717, 1.165) is 0 Å². The maximum atomic E-state index is 2.24. The van der Waals surface area contributed by atoms with E-state index in [1.807, 2.05) is 20.8 Å². The van der Waals surface area contributed by atoms with Crippen molar-refractivity contribution in [1.29, 1.82) is 0 Å². The Hall–Kier alpha value is -1.56. The van der Waals surface area contributed by atoms with E-state index in [9.17, 15) is 0 Å². The molecule has 0 heterocycles. The first-order chi connectivity index (χ1) is 8.79. The van der Waals surface area contributed by atoms with Gasteiger partial charge in [0.25, 0.3) is 0 Å². The van der Waals surface area contributed by atoms with Crippen molar-refractivity contribution in [2.45, 2.75) is 40.5 Å². The van der Waals surface area contributed by atoms with Gasteiger partial charge >= 0.3 is 0 Å². The zero-order valence-corrected chi connectivity index (χ0v) is 12.4. The molecule has 18 heavy (non-hydrogen) atoms. The van der Waals surface area contributed by atoms with Crippen LogP contribution in [0.15, 0.2) is 66.3 Å². The maximum absolute atomic E-state index is 2.24. The van der Waals surface area contributed by atoms with Crippen LogP contribution in [0.1, 0.15) is 46.1 Å². The van der Waals surface area contributed by atoms with Gasteiger partial charge < -0.3 is 0 Å². The standard InChI is InChI=1S/C16H20.C2H6/c1-4-6-11-15(10-5-2)14(3)16-12-8-7-9-13-16;1-2/h4-14H,1-3H3;1-2H3/b6-4-,10-5-,15-11+;. The number of benzene rings is 1. The summed E-state index contributed by atoms with van der Waals surface area (Å²) in [5, 5.41) is 0. The highest BCUT2D eigenvalue weighted by molar-refractivity contribution is 5.36. The van der Waals surface area contributed by atoms with E-state index in [1.54, 1.807) is 0 Å². The topological polar surface area (TPSA) is 0 Å². The van der Waals surface area contributed by atoms with Crippen molar-refractivity contribution >= 4 is 0 Å². The van der Waals surface area contributed by atoms with Crippen molar-refractivity contribution in [3.63, 3.8) is 0 Å². The summed E-state index contributed by atoms with van der Waals surface area (Å²) in [6.45, 7) is 10.3. The molecule has 0 bridgehead atoms. The summed E-state index contributed by atoms with van der Waals surface area (Å²) in [5.41, 5.74) is 2.70. The Labute approximate surface area is 113 Å². The van der Waals surface area contributed by atoms with Crippen molar-refractivity contribution in [2.24, 2.45) is 0 Å². The number of rotatable bonds is 4. The second-order valence-corrected chi connectivity index (χ2v) is 3.82. The SMILES string of the molecule is CC.C\C=C/C=C(\C=C/C)C(C)c1ccccc1. The third kappa shape index (κ3) is 5.67. The van der Waals surface area contributed by atoms with E-state index in [1.165, 1.54) is 11.1 Å². The molecule has 0 saturated heterocycles. The molecule has 0 nitrogen and oxygen atoms in total. The van der Waals surface area contributed by atoms with Crippen LogP contribution in [0.2, 0.25) is 0 Å². The van der Waals surface area contributed by atoms with Gasteiger partial charge in [0.2, 0.25) is 0 Å². The summed E-state index contributed by atoms with van der Waals surface area (Å²) in [6, 6.07) is 10.6. The zero-order chi connectivity index (χ0) is 13.8. The average Bonchev–Trinajstić information content (AvgIpc) is 2.46. The van der Waals surface area contributed by atoms with Crippen LogP contribution >= 0.6 is 0 Å².